The lowest BCUT2D eigenvalue weighted by Gasteiger charge is -2.22. The summed E-state index contributed by atoms with van der Waals surface area (Å²) in [7, 11) is 0. The van der Waals surface area contributed by atoms with Crippen molar-refractivity contribution in [3.8, 4) is 0 Å². The van der Waals surface area contributed by atoms with Crippen molar-refractivity contribution >= 4 is 0 Å². The topological polar surface area (TPSA) is 21.3 Å². The molecule has 94 valence electrons. The average Bonchev–Trinajstić information content (AvgIpc) is 3.10. The Morgan fingerprint density at radius 3 is 2.81 bits per heavy atom. The van der Waals surface area contributed by atoms with Gasteiger partial charge in [-0.25, -0.2) is 0 Å². The van der Waals surface area contributed by atoms with Crippen LogP contribution >= 0.6 is 0 Å². The van der Waals surface area contributed by atoms with Crippen LogP contribution in [0.2, 0.25) is 0 Å². The van der Waals surface area contributed by atoms with E-state index in [1.165, 1.54) is 57.9 Å². The summed E-state index contributed by atoms with van der Waals surface area (Å²) in [5.41, 5.74) is 0. The Balaban J connectivity index is 1.44. The summed E-state index contributed by atoms with van der Waals surface area (Å²) in [6, 6.07) is 0.722. The lowest BCUT2D eigenvalue weighted by molar-refractivity contribution is 0.0101. The van der Waals surface area contributed by atoms with Gasteiger partial charge in [0.2, 0.25) is 0 Å². The van der Waals surface area contributed by atoms with Crippen molar-refractivity contribution < 1.29 is 4.74 Å². The third-order valence-electron chi connectivity index (χ3n) is 3.85. The molecule has 2 fully saturated rings. The monoisotopic (exact) mass is 225 g/mol. The maximum absolute atomic E-state index is 5.73. The molecule has 0 spiro atoms. The zero-order valence-corrected chi connectivity index (χ0v) is 10.7. The quantitative estimate of drug-likeness (QED) is 0.672. The SMILES string of the molecule is CC(CC1CC1)NCCCC1CCCCO1. The number of nitrogens with one attached hydrogen (secondary N) is 1. The summed E-state index contributed by atoms with van der Waals surface area (Å²) in [5.74, 6) is 1.05. The second-order valence-electron chi connectivity index (χ2n) is 5.67. The van der Waals surface area contributed by atoms with Crippen LogP contribution < -0.4 is 5.32 Å². The molecule has 1 N–H and O–H groups in total. The molecule has 1 heterocycles. The van der Waals surface area contributed by atoms with E-state index in [0.717, 1.165) is 18.6 Å². The molecule has 0 aromatic heterocycles. The van der Waals surface area contributed by atoms with Gasteiger partial charge in [-0.1, -0.05) is 12.8 Å². The molecule has 1 aliphatic heterocycles. The summed E-state index contributed by atoms with van der Waals surface area (Å²) in [6.07, 6.45) is 11.4. The fourth-order valence-electron chi connectivity index (χ4n) is 2.65. The Bertz CT molecular complexity index is 185. The Labute approximate surface area is 100 Å². The Morgan fingerprint density at radius 2 is 2.12 bits per heavy atom. The highest BCUT2D eigenvalue weighted by Crippen LogP contribution is 2.33. The zero-order chi connectivity index (χ0) is 11.2. The molecule has 2 aliphatic rings. The van der Waals surface area contributed by atoms with Gasteiger partial charge in [-0.3, -0.25) is 0 Å². The lowest BCUT2D eigenvalue weighted by atomic mass is 10.0. The second kappa shape index (κ2) is 6.61. The van der Waals surface area contributed by atoms with Crippen molar-refractivity contribution in [1.29, 1.82) is 0 Å². The maximum Gasteiger partial charge on any atom is 0.0575 e. The van der Waals surface area contributed by atoms with Gasteiger partial charge >= 0.3 is 0 Å². The highest BCUT2D eigenvalue weighted by Gasteiger charge is 2.23. The van der Waals surface area contributed by atoms with Gasteiger partial charge in [0.25, 0.3) is 0 Å². The normalized spacial score (nSPS) is 27.9. The zero-order valence-electron chi connectivity index (χ0n) is 10.7. The van der Waals surface area contributed by atoms with Crippen molar-refractivity contribution in [3.63, 3.8) is 0 Å². The molecule has 1 aliphatic carbocycles. The van der Waals surface area contributed by atoms with Crippen molar-refractivity contribution in [2.24, 2.45) is 5.92 Å². The molecule has 1 saturated carbocycles. The van der Waals surface area contributed by atoms with Gasteiger partial charge in [-0.15, -0.1) is 0 Å². The number of ether oxygens (including phenoxy) is 1. The molecule has 0 aromatic rings. The standard InChI is InChI=1S/C14H27NO/c1-12(11-13-7-8-13)15-9-4-6-14-5-2-3-10-16-14/h12-15H,2-11H2,1H3. The summed E-state index contributed by atoms with van der Waals surface area (Å²) in [5, 5.41) is 3.64. The smallest absolute Gasteiger partial charge is 0.0575 e. The van der Waals surface area contributed by atoms with Crippen molar-refractivity contribution in [2.75, 3.05) is 13.2 Å². The molecule has 0 radical (unpaired) electrons. The van der Waals surface area contributed by atoms with E-state index in [1.807, 2.05) is 0 Å². The summed E-state index contributed by atoms with van der Waals surface area (Å²) >= 11 is 0. The minimum atomic E-state index is 0.564. The Hall–Kier alpha value is -0.0800. The van der Waals surface area contributed by atoms with Gasteiger partial charge < -0.3 is 10.1 Å². The van der Waals surface area contributed by atoms with Gasteiger partial charge in [-0.2, -0.15) is 0 Å². The van der Waals surface area contributed by atoms with E-state index in [2.05, 4.69) is 12.2 Å². The molecule has 2 atom stereocenters. The van der Waals surface area contributed by atoms with E-state index in [9.17, 15) is 0 Å². The lowest BCUT2D eigenvalue weighted by Crippen LogP contribution is -2.28. The van der Waals surface area contributed by atoms with Crippen LogP contribution in [-0.2, 0) is 4.74 Å². The predicted octanol–water partition coefficient (Wildman–Crippen LogP) is 3.11. The van der Waals surface area contributed by atoms with Gasteiger partial charge in [0.1, 0.15) is 0 Å². The summed E-state index contributed by atoms with van der Waals surface area (Å²) in [4.78, 5) is 0. The molecule has 0 amide bonds. The van der Waals surface area contributed by atoms with Gasteiger partial charge in [-0.05, 0) is 57.9 Å². The Kier molecular flexibility index (Phi) is 5.11. The first kappa shape index (κ1) is 12.4. The third-order valence-corrected chi connectivity index (χ3v) is 3.85. The van der Waals surface area contributed by atoms with Crippen molar-refractivity contribution in [1.82, 2.24) is 5.32 Å². The predicted molar refractivity (Wildman–Crippen MR) is 67.6 cm³/mol. The summed E-state index contributed by atoms with van der Waals surface area (Å²) in [6.45, 7) is 4.50. The molecule has 0 aromatic carbocycles. The minimum Gasteiger partial charge on any atom is -0.378 e. The van der Waals surface area contributed by atoms with Gasteiger partial charge in [0, 0.05) is 12.6 Å². The highest BCUT2D eigenvalue weighted by molar-refractivity contribution is 4.78. The molecular formula is C14H27NO. The molecule has 1 saturated heterocycles. The highest BCUT2D eigenvalue weighted by atomic mass is 16.5. The molecular weight excluding hydrogens is 198 g/mol. The van der Waals surface area contributed by atoms with Crippen molar-refractivity contribution in [3.05, 3.63) is 0 Å². The van der Waals surface area contributed by atoms with E-state index >= 15 is 0 Å². The molecule has 2 unspecified atom stereocenters. The first-order chi connectivity index (χ1) is 7.84. The fraction of sp³-hybridized carbons (Fsp3) is 1.00. The van der Waals surface area contributed by atoms with Crippen molar-refractivity contribution in [2.45, 2.75) is 70.4 Å². The van der Waals surface area contributed by atoms with E-state index in [4.69, 9.17) is 4.74 Å². The average molecular weight is 225 g/mol. The molecule has 0 bridgehead atoms. The molecule has 2 rings (SSSR count). The Morgan fingerprint density at radius 1 is 1.25 bits per heavy atom. The van der Waals surface area contributed by atoms with Crippen LogP contribution in [-0.4, -0.2) is 25.3 Å². The van der Waals surface area contributed by atoms with Crippen LogP contribution in [0.15, 0.2) is 0 Å². The van der Waals surface area contributed by atoms with E-state index in [-0.39, 0.29) is 0 Å². The van der Waals surface area contributed by atoms with Crippen LogP contribution in [0.4, 0.5) is 0 Å². The van der Waals surface area contributed by atoms with E-state index < -0.39 is 0 Å². The number of rotatable bonds is 7. The van der Waals surface area contributed by atoms with E-state index in [0.29, 0.717) is 6.10 Å². The number of hydrogen-bond acceptors (Lipinski definition) is 2. The fourth-order valence-corrected chi connectivity index (χ4v) is 2.65. The van der Waals surface area contributed by atoms with Crippen LogP contribution in [0.5, 0.6) is 0 Å². The molecule has 2 nitrogen and oxygen atoms in total. The largest absolute Gasteiger partial charge is 0.378 e. The maximum atomic E-state index is 5.73. The molecule has 16 heavy (non-hydrogen) atoms. The van der Waals surface area contributed by atoms with Crippen LogP contribution in [0.3, 0.4) is 0 Å². The second-order valence-corrected chi connectivity index (χ2v) is 5.67. The van der Waals surface area contributed by atoms with Crippen LogP contribution in [0.25, 0.3) is 0 Å². The van der Waals surface area contributed by atoms with Gasteiger partial charge in [0.15, 0.2) is 0 Å². The van der Waals surface area contributed by atoms with Crippen LogP contribution in [0.1, 0.15) is 58.3 Å². The summed E-state index contributed by atoms with van der Waals surface area (Å²) < 4.78 is 5.73. The van der Waals surface area contributed by atoms with Crippen LogP contribution in [0, 0.1) is 5.92 Å². The van der Waals surface area contributed by atoms with Gasteiger partial charge in [0.05, 0.1) is 6.10 Å². The molecule has 2 heteroatoms. The third kappa shape index (κ3) is 4.84. The first-order valence-electron chi connectivity index (χ1n) is 7.19. The van der Waals surface area contributed by atoms with E-state index in [1.54, 1.807) is 0 Å². The first-order valence-corrected chi connectivity index (χ1v) is 7.19. The minimum absolute atomic E-state index is 0.564. The number of hydrogen-bond donors (Lipinski definition) is 1.